The molecular formula is C18H20N2O3S. The van der Waals surface area contributed by atoms with Gasteiger partial charge in [0.1, 0.15) is 0 Å². The van der Waals surface area contributed by atoms with E-state index in [2.05, 4.69) is 5.32 Å². The first-order valence-electron chi connectivity index (χ1n) is 7.96. The van der Waals surface area contributed by atoms with Gasteiger partial charge >= 0.3 is 0 Å². The molecule has 6 heteroatoms. The number of anilines is 2. The SMILES string of the molecule is CCS(=O)(=O)c1ccc(NCC(=O)N2CCc3ccccc32)cc1. The van der Waals surface area contributed by atoms with Crippen LogP contribution in [0.4, 0.5) is 11.4 Å². The molecule has 0 fully saturated rings. The van der Waals surface area contributed by atoms with Crippen LogP contribution in [-0.2, 0) is 21.1 Å². The molecule has 1 N–H and O–H groups in total. The standard InChI is InChI=1S/C18H20N2O3S/c1-2-24(22,23)16-9-7-15(8-10-16)19-13-18(21)20-12-11-14-5-3-4-6-17(14)20/h3-10,19H,2,11-13H2,1H3. The predicted molar refractivity (Wildman–Crippen MR) is 95.2 cm³/mol. The van der Waals surface area contributed by atoms with E-state index in [0.29, 0.717) is 11.4 Å². The van der Waals surface area contributed by atoms with Crippen molar-refractivity contribution in [3.8, 4) is 0 Å². The number of para-hydroxylation sites is 1. The number of rotatable bonds is 5. The summed E-state index contributed by atoms with van der Waals surface area (Å²) >= 11 is 0. The summed E-state index contributed by atoms with van der Waals surface area (Å²) in [4.78, 5) is 14.5. The summed E-state index contributed by atoms with van der Waals surface area (Å²) in [5, 5.41) is 3.06. The molecule has 3 rings (SSSR count). The van der Waals surface area contributed by atoms with Crippen LogP contribution in [0.1, 0.15) is 12.5 Å². The molecule has 0 spiro atoms. The molecule has 24 heavy (non-hydrogen) atoms. The number of carbonyl (C=O) groups is 1. The van der Waals surface area contributed by atoms with Crippen LogP contribution in [0.3, 0.4) is 0 Å². The van der Waals surface area contributed by atoms with Crippen LogP contribution in [0.15, 0.2) is 53.4 Å². The lowest BCUT2D eigenvalue weighted by atomic mass is 10.2. The van der Waals surface area contributed by atoms with Gasteiger partial charge in [0, 0.05) is 17.9 Å². The molecule has 0 saturated carbocycles. The van der Waals surface area contributed by atoms with Gasteiger partial charge in [-0.2, -0.15) is 0 Å². The maximum absolute atomic E-state index is 12.4. The van der Waals surface area contributed by atoms with Gasteiger partial charge in [0.2, 0.25) is 5.91 Å². The molecule has 0 aliphatic carbocycles. The average molecular weight is 344 g/mol. The van der Waals surface area contributed by atoms with Gasteiger partial charge in [-0.1, -0.05) is 25.1 Å². The van der Waals surface area contributed by atoms with Gasteiger partial charge in [-0.15, -0.1) is 0 Å². The minimum absolute atomic E-state index is 0.00482. The van der Waals surface area contributed by atoms with Gasteiger partial charge in [-0.25, -0.2) is 8.42 Å². The third-order valence-electron chi connectivity index (χ3n) is 4.23. The maximum atomic E-state index is 12.4. The number of hydrogen-bond donors (Lipinski definition) is 1. The fraction of sp³-hybridized carbons (Fsp3) is 0.278. The highest BCUT2D eigenvalue weighted by Crippen LogP contribution is 2.27. The molecule has 0 radical (unpaired) electrons. The average Bonchev–Trinajstić information content (AvgIpc) is 3.04. The number of fused-ring (bicyclic) bond motifs is 1. The lowest BCUT2D eigenvalue weighted by Gasteiger charge is -2.18. The van der Waals surface area contributed by atoms with E-state index < -0.39 is 9.84 Å². The van der Waals surface area contributed by atoms with Crippen molar-refractivity contribution in [3.63, 3.8) is 0 Å². The number of hydrogen-bond acceptors (Lipinski definition) is 4. The zero-order chi connectivity index (χ0) is 17.2. The number of carbonyl (C=O) groups excluding carboxylic acids is 1. The number of nitrogens with zero attached hydrogens (tertiary/aromatic N) is 1. The van der Waals surface area contributed by atoms with E-state index in [1.165, 1.54) is 5.56 Å². The Morgan fingerprint density at radius 3 is 2.54 bits per heavy atom. The van der Waals surface area contributed by atoms with Crippen LogP contribution < -0.4 is 10.2 Å². The highest BCUT2D eigenvalue weighted by atomic mass is 32.2. The van der Waals surface area contributed by atoms with Crippen LogP contribution in [0.5, 0.6) is 0 Å². The number of sulfone groups is 1. The van der Waals surface area contributed by atoms with Gasteiger partial charge in [0.25, 0.3) is 0 Å². The van der Waals surface area contributed by atoms with Gasteiger partial charge in [0.05, 0.1) is 17.2 Å². The van der Waals surface area contributed by atoms with Crippen molar-refractivity contribution < 1.29 is 13.2 Å². The smallest absolute Gasteiger partial charge is 0.246 e. The number of amides is 1. The second kappa shape index (κ2) is 6.65. The monoisotopic (exact) mass is 344 g/mol. The number of nitrogens with one attached hydrogen (secondary N) is 1. The third kappa shape index (κ3) is 3.28. The fourth-order valence-electron chi connectivity index (χ4n) is 2.82. The van der Waals surface area contributed by atoms with Crippen LogP contribution in [0.25, 0.3) is 0 Å². The topological polar surface area (TPSA) is 66.5 Å². The molecule has 1 aliphatic rings. The number of benzene rings is 2. The molecule has 126 valence electrons. The molecule has 1 amide bonds. The Morgan fingerprint density at radius 2 is 1.83 bits per heavy atom. The largest absolute Gasteiger partial charge is 0.376 e. The molecule has 5 nitrogen and oxygen atoms in total. The van der Waals surface area contributed by atoms with E-state index in [1.807, 2.05) is 24.3 Å². The van der Waals surface area contributed by atoms with E-state index in [0.717, 1.165) is 17.8 Å². The molecule has 0 unspecified atom stereocenters. The quantitative estimate of drug-likeness (QED) is 0.905. The van der Waals surface area contributed by atoms with Crippen molar-refractivity contribution in [1.29, 1.82) is 0 Å². The van der Waals surface area contributed by atoms with Gasteiger partial charge in [-0.3, -0.25) is 4.79 Å². The predicted octanol–water partition coefficient (Wildman–Crippen LogP) is 2.48. The van der Waals surface area contributed by atoms with Crippen molar-refractivity contribution in [1.82, 2.24) is 0 Å². The minimum atomic E-state index is -3.20. The Hall–Kier alpha value is -2.34. The summed E-state index contributed by atoms with van der Waals surface area (Å²) in [7, 11) is -3.20. The molecule has 0 bridgehead atoms. The normalized spacial score (nSPS) is 13.6. The van der Waals surface area contributed by atoms with Crippen molar-refractivity contribution in [2.75, 3.05) is 29.1 Å². The molecule has 2 aromatic rings. The Bertz CT molecular complexity index is 845. The zero-order valence-corrected chi connectivity index (χ0v) is 14.3. The maximum Gasteiger partial charge on any atom is 0.246 e. The summed E-state index contributed by atoms with van der Waals surface area (Å²) in [6, 6.07) is 14.4. The van der Waals surface area contributed by atoms with E-state index in [9.17, 15) is 13.2 Å². The summed E-state index contributed by atoms with van der Waals surface area (Å²) in [5.41, 5.74) is 2.90. The summed E-state index contributed by atoms with van der Waals surface area (Å²) in [6.45, 7) is 2.50. The Morgan fingerprint density at radius 1 is 1.12 bits per heavy atom. The molecule has 0 atom stereocenters. The van der Waals surface area contributed by atoms with Crippen molar-refractivity contribution in [2.45, 2.75) is 18.2 Å². The van der Waals surface area contributed by atoms with E-state index in [1.54, 1.807) is 36.1 Å². The zero-order valence-electron chi connectivity index (χ0n) is 13.5. The lowest BCUT2D eigenvalue weighted by Crippen LogP contribution is -2.34. The highest BCUT2D eigenvalue weighted by Gasteiger charge is 2.23. The molecule has 0 aromatic heterocycles. The molecule has 2 aromatic carbocycles. The Kier molecular flexibility index (Phi) is 4.57. The molecule has 0 saturated heterocycles. The van der Waals surface area contributed by atoms with E-state index >= 15 is 0 Å². The Balaban J connectivity index is 1.63. The van der Waals surface area contributed by atoms with Crippen molar-refractivity contribution >= 4 is 27.1 Å². The van der Waals surface area contributed by atoms with E-state index in [4.69, 9.17) is 0 Å². The van der Waals surface area contributed by atoms with Gasteiger partial charge < -0.3 is 10.2 Å². The van der Waals surface area contributed by atoms with Crippen LogP contribution in [0, 0.1) is 0 Å². The molecule has 1 aliphatic heterocycles. The first-order valence-corrected chi connectivity index (χ1v) is 9.61. The summed E-state index contributed by atoms with van der Waals surface area (Å²) in [6.07, 6.45) is 0.880. The van der Waals surface area contributed by atoms with Crippen LogP contribution >= 0.6 is 0 Å². The fourth-order valence-corrected chi connectivity index (χ4v) is 3.70. The molecular weight excluding hydrogens is 324 g/mol. The first kappa shape index (κ1) is 16.5. The van der Waals surface area contributed by atoms with Gasteiger partial charge in [0.15, 0.2) is 9.84 Å². The van der Waals surface area contributed by atoms with Crippen molar-refractivity contribution in [2.24, 2.45) is 0 Å². The highest BCUT2D eigenvalue weighted by molar-refractivity contribution is 7.91. The summed E-state index contributed by atoms with van der Waals surface area (Å²) < 4.78 is 23.6. The van der Waals surface area contributed by atoms with E-state index in [-0.39, 0.29) is 18.2 Å². The first-order chi connectivity index (χ1) is 11.5. The minimum Gasteiger partial charge on any atom is -0.376 e. The van der Waals surface area contributed by atoms with Crippen LogP contribution in [0.2, 0.25) is 0 Å². The summed E-state index contributed by atoms with van der Waals surface area (Å²) in [5.74, 6) is 0.0808. The van der Waals surface area contributed by atoms with Crippen molar-refractivity contribution in [3.05, 3.63) is 54.1 Å². The van der Waals surface area contributed by atoms with Crippen LogP contribution in [-0.4, -0.2) is 33.2 Å². The molecule has 1 heterocycles. The second-order valence-corrected chi connectivity index (χ2v) is 7.98. The Labute approximate surface area is 142 Å². The lowest BCUT2D eigenvalue weighted by molar-refractivity contribution is -0.116. The third-order valence-corrected chi connectivity index (χ3v) is 5.98. The van der Waals surface area contributed by atoms with Gasteiger partial charge in [-0.05, 0) is 42.3 Å². The second-order valence-electron chi connectivity index (χ2n) is 5.71.